The highest BCUT2D eigenvalue weighted by atomic mass is 35.5. The number of non-ortho nitro benzene ring substituents is 1. The molecule has 150 valence electrons. The molecule has 1 fully saturated rings. The normalized spacial score (nSPS) is 16.0. The molecule has 0 unspecified atom stereocenters. The zero-order chi connectivity index (χ0) is 21.1. The Labute approximate surface area is 175 Å². The van der Waals surface area contributed by atoms with Crippen LogP contribution in [0.4, 0.5) is 11.4 Å². The number of halogens is 2. The molecule has 0 spiro atoms. The molecule has 1 aliphatic heterocycles. The summed E-state index contributed by atoms with van der Waals surface area (Å²) in [5.74, 6) is -2.38. The van der Waals surface area contributed by atoms with Gasteiger partial charge in [0.05, 0.1) is 26.6 Å². The number of esters is 1. The highest BCUT2D eigenvalue weighted by Gasteiger charge is 2.37. The summed E-state index contributed by atoms with van der Waals surface area (Å²) >= 11 is 12.1. The number of nitro groups is 1. The SMILES string of the molecule is O=C(COC(=O)[C@H]1CC(=O)N(c2cccc(Cl)c2Cl)C1)c1cccc([N+](=O)[O-])c1. The summed E-state index contributed by atoms with van der Waals surface area (Å²) < 4.78 is 5.03. The average molecular weight is 437 g/mol. The Morgan fingerprint density at radius 2 is 1.93 bits per heavy atom. The minimum absolute atomic E-state index is 0.0444. The zero-order valence-electron chi connectivity index (χ0n) is 14.8. The van der Waals surface area contributed by atoms with Crippen molar-refractivity contribution < 1.29 is 24.0 Å². The lowest BCUT2D eigenvalue weighted by Crippen LogP contribution is -2.27. The molecule has 0 aliphatic carbocycles. The number of nitro benzene ring substituents is 1. The van der Waals surface area contributed by atoms with Crippen molar-refractivity contribution in [2.45, 2.75) is 6.42 Å². The standard InChI is InChI=1S/C19H14Cl2N2O6/c20-14-5-2-6-15(18(14)21)22-9-12(8-17(22)25)19(26)29-10-16(24)11-3-1-4-13(7-11)23(27)28/h1-7,12H,8-10H2/t12-/m0/s1. The first-order valence-electron chi connectivity index (χ1n) is 8.46. The van der Waals surface area contributed by atoms with E-state index in [1.54, 1.807) is 18.2 Å². The van der Waals surface area contributed by atoms with Crippen molar-refractivity contribution in [2.75, 3.05) is 18.1 Å². The number of benzene rings is 2. The molecule has 0 bridgehead atoms. The topological polar surface area (TPSA) is 107 Å². The first kappa shape index (κ1) is 20.8. The molecular weight excluding hydrogens is 423 g/mol. The average Bonchev–Trinajstić information content (AvgIpc) is 3.09. The molecule has 8 nitrogen and oxygen atoms in total. The maximum absolute atomic E-state index is 12.3. The predicted molar refractivity (Wildman–Crippen MR) is 105 cm³/mol. The summed E-state index contributed by atoms with van der Waals surface area (Å²) in [7, 11) is 0. The Morgan fingerprint density at radius 3 is 2.66 bits per heavy atom. The molecule has 2 aromatic carbocycles. The molecule has 0 radical (unpaired) electrons. The van der Waals surface area contributed by atoms with Crippen LogP contribution in [0.25, 0.3) is 0 Å². The summed E-state index contributed by atoms with van der Waals surface area (Å²) in [5.41, 5.74) is 0.214. The quantitative estimate of drug-likeness (QED) is 0.295. The molecule has 1 saturated heterocycles. The second-order valence-electron chi connectivity index (χ2n) is 6.32. The van der Waals surface area contributed by atoms with Crippen LogP contribution in [-0.4, -0.2) is 35.7 Å². The molecular formula is C19H14Cl2N2O6. The van der Waals surface area contributed by atoms with E-state index in [9.17, 15) is 24.5 Å². The first-order chi connectivity index (χ1) is 13.8. The minimum atomic E-state index is -0.768. The van der Waals surface area contributed by atoms with E-state index in [-0.39, 0.29) is 40.2 Å². The molecule has 0 saturated carbocycles. The highest BCUT2D eigenvalue weighted by Crippen LogP contribution is 2.35. The fourth-order valence-corrected chi connectivity index (χ4v) is 3.33. The van der Waals surface area contributed by atoms with Gasteiger partial charge in [-0.3, -0.25) is 24.5 Å². The smallest absolute Gasteiger partial charge is 0.311 e. The van der Waals surface area contributed by atoms with Gasteiger partial charge in [0.1, 0.15) is 0 Å². The second-order valence-corrected chi connectivity index (χ2v) is 7.10. The Kier molecular flexibility index (Phi) is 6.14. The second kappa shape index (κ2) is 8.59. The van der Waals surface area contributed by atoms with Crippen LogP contribution in [0.2, 0.25) is 10.0 Å². The van der Waals surface area contributed by atoms with Gasteiger partial charge >= 0.3 is 5.97 Å². The number of ketones is 1. The van der Waals surface area contributed by atoms with Crippen LogP contribution < -0.4 is 4.90 Å². The van der Waals surface area contributed by atoms with Crippen molar-refractivity contribution in [3.05, 3.63) is 68.2 Å². The molecule has 2 aromatic rings. The van der Waals surface area contributed by atoms with Gasteiger partial charge in [0.25, 0.3) is 5.69 Å². The third kappa shape index (κ3) is 4.55. The van der Waals surface area contributed by atoms with Gasteiger partial charge in [0.2, 0.25) is 11.7 Å². The molecule has 1 atom stereocenters. The fourth-order valence-electron chi connectivity index (χ4n) is 2.93. The molecule has 1 aliphatic rings. The summed E-state index contributed by atoms with van der Waals surface area (Å²) in [6, 6.07) is 9.96. The Balaban J connectivity index is 1.62. The molecule has 3 rings (SSSR count). The fraction of sp³-hybridized carbons (Fsp3) is 0.211. The maximum Gasteiger partial charge on any atom is 0.311 e. The lowest BCUT2D eigenvalue weighted by atomic mass is 10.1. The van der Waals surface area contributed by atoms with E-state index in [1.165, 1.54) is 23.1 Å². The van der Waals surface area contributed by atoms with Gasteiger partial charge < -0.3 is 9.64 Å². The van der Waals surface area contributed by atoms with E-state index in [0.29, 0.717) is 5.69 Å². The predicted octanol–water partition coefficient (Wildman–Crippen LogP) is 3.68. The summed E-state index contributed by atoms with van der Waals surface area (Å²) in [5, 5.41) is 11.3. The number of carbonyl (C=O) groups excluding carboxylic acids is 3. The maximum atomic E-state index is 12.3. The molecule has 1 amide bonds. The minimum Gasteiger partial charge on any atom is -0.457 e. The number of anilines is 1. The van der Waals surface area contributed by atoms with Crippen LogP contribution in [0.3, 0.4) is 0 Å². The third-order valence-corrected chi connectivity index (χ3v) is 5.21. The molecule has 0 aromatic heterocycles. The number of Topliss-reactive ketones (excluding diaryl/α,β-unsaturated/α-hetero) is 1. The van der Waals surface area contributed by atoms with Gasteiger partial charge in [-0.15, -0.1) is 0 Å². The van der Waals surface area contributed by atoms with Crippen molar-refractivity contribution in [1.82, 2.24) is 0 Å². The van der Waals surface area contributed by atoms with Crippen LogP contribution in [0, 0.1) is 16.0 Å². The lowest BCUT2D eigenvalue weighted by molar-refractivity contribution is -0.384. The van der Waals surface area contributed by atoms with Crippen molar-refractivity contribution in [3.63, 3.8) is 0 Å². The monoisotopic (exact) mass is 436 g/mol. The Hall–Kier alpha value is -2.97. The highest BCUT2D eigenvalue weighted by molar-refractivity contribution is 6.44. The molecule has 0 N–H and O–H groups in total. The Bertz CT molecular complexity index is 1010. The summed E-state index contributed by atoms with van der Waals surface area (Å²) in [6.45, 7) is -0.536. The number of ether oxygens (including phenoxy) is 1. The lowest BCUT2D eigenvalue weighted by Gasteiger charge is -2.18. The van der Waals surface area contributed by atoms with E-state index in [2.05, 4.69) is 0 Å². The number of nitrogens with zero attached hydrogens (tertiary/aromatic N) is 2. The largest absolute Gasteiger partial charge is 0.457 e. The van der Waals surface area contributed by atoms with Gasteiger partial charge in [-0.2, -0.15) is 0 Å². The first-order valence-corrected chi connectivity index (χ1v) is 9.22. The van der Waals surface area contributed by atoms with Crippen LogP contribution in [0.1, 0.15) is 16.8 Å². The summed E-state index contributed by atoms with van der Waals surface area (Å²) in [6.07, 6.45) is -0.0906. The number of amides is 1. The van der Waals surface area contributed by atoms with Gasteiger partial charge in [-0.25, -0.2) is 0 Å². The van der Waals surface area contributed by atoms with Crippen LogP contribution >= 0.6 is 23.2 Å². The van der Waals surface area contributed by atoms with Crippen LogP contribution in [0.15, 0.2) is 42.5 Å². The van der Waals surface area contributed by atoms with Crippen LogP contribution in [-0.2, 0) is 14.3 Å². The van der Waals surface area contributed by atoms with Gasteiger partial charge in [-0.05, 0) is 12.1 Å². The number of carbonyl (C=O) groups is 3. The third-order valence-electron chi connectivity index (χ3n) is 4.40. The number of hydrogen-bond acceptors (Lipinski definition) is 6. The van der Waals surface area contributed by atoms with E-state index in [0.717, 1.165) is 6.07 Å². The van der Waals surface area contributed by atoms with Crippen molar-refractivity contribution in [1.29, 1.82) is 0 Å². The van der Waals surface area contributed by atoms with E-state index in [4.69, 9.17) is 27.9 Å². The zero-order valence-corrected chi connectivity index (χ0v) is 16.4. The molecule has 1 heterocycles. The van der Waals surface area contributed by atoms with Crippen molar-refractivity contribution >= 4 is 52.2 Å². The van der Waals surface area contributed by atoms with Gasteiger partial charge in [0.15, 0.2) is 6.61 Å². The molecule has 10 heteroatoms. The Morgan fingerprint density at radius 1 is 1.21 bits per heavy atom. The number of rotatable bonds is 6. The van der Waals surface area contributed by atoms with Crippen molar-refractivity contribution in [3.8, 4) is 0 Å². The van der Waals surface area contributed by atoms with Gasteiger partial charge in [-0.1, -0.05) is 41.4 Å². The van der Waals surface area contributed by atoms with E-state index in [1.807, 2.05) is 0 Å². The van der Waals surface area contributed by atoms with E-state index < -0.39 is 29.2 Å². The van der Waals surface area contributed by atoms with Gasteiger partial charge in [0, 0.05) is 30.7 Å². The van der Waals surface area contributed by atoms with Crippen LogP contribution in [0.5, 0.6) is 0 Å². The van der Waals surface area contributed by atoms with E-state index >= 15 is 0 Å². The summed E-state index contributed by atoms with van der Waals surface area (Å²) in [4.78, 5) is 48.3. The van der Waals surface area contributed by atoms with Crippen molar-refractivity contribution in [2.24, 2.45) is 5.92 Å². The number of hydrogen-bond donors (Lipinski definition) is 0. The molecule has 29 heavy (non-hydrogen) atoms.